The van der Waals surface area contributed by atoms with Gasteiger partial charge in [0.05, 0.1) is 12.2 Å². The molecule has 5 aliphatic rings. The summed E-state index contributed by atoms with van der Waals surface area (Å²) in [5, 5.41) is 19.6. The van der Waals surface area contributed by atoms with Crippen molar-refractivity contribution in [1.29, 1.82) is 5.26 Å². The van der Waals surface area contributed by atoms with Gasteiger partial charge in [0.15, 0.2) is 0 Å². The smallest absolute Gasteiger partial charge is 0.0655 e. The first-order chi connectivity index (χ1) is 12.1. The average Bonchev–Trinajstić information content (AvgIpc) is 3.01. The highest BCUT2D eigenvalue weighted by Gasteiger charge is 2.62. The van der Waals surface area contributed by atoms with Crippen molar-refractivity contribution in [3.8, 4) is 6.07 Å². The molecule has 25 heavy (non-hydrogen) atoms. The van der Waals surface area contributed by atoms with Crippen molar-refractivity contribution in [1.82, 2.24) is 0 Å². The van der Waals surface area contributed by atoms with Crippen molar-refractivity contribution < 1.29 is 5.11 Å². The van der Waals surface area contributed by atoms with Crippen molar-refractivity contribution in [3.63, 3.8) is 0 Å². The fraction of sp³-hybridized carbons (Fsp3) is 0.957. The van der Waals surface area contributed by atoms with Crippen LogP contribution in [0, 0.1) is 57.7 Å². The number of hydrogen-bond acceptors (Lipinski definition) is 2. The summed E-state index contributed by atoms with van der Waals surface area (Å²) in [6.45, 7) is 2.59. The van der Waals surface area contributed by atoms with Gasteiger partial charge in [-0.05, 0) is 117 Å². The Bertz CT molecular complexity index is 581. The van der Waals surface area contributed by atoms with Crippen LogP contribution in [0.5, 0.6) is 0 Å². The van der Waals surface area contributed by atoms with Crippen LogP contribution in [0.15, 0.2) is 0 Å². The van der Waals surface area contributed by atoms with Gasteiger partial charge in [-0.25, -0.2) is 0 Å². The molecule has 5 aliphatic carbocycles. The summed E-state index contributed by atoms with van der Waals surface area (Å²) in [5.41, 5.74) is 1.12. The Morgan fingerprint density at radius 1 is 0.840 bits per heavy atom. The van der Waals surface area contributed by atoms with Gasteiger partial charge in [0, 0.05) is 5.92 Å². The van der Waals surface area contributed by atoms with Crippen LogP contribution in [-0.4, -0.2) is 11.2 Å². The van der Waals surface area contributed by atoms with Crippen molar-refractivity contribution in [2.24, 2.45) is 46.3 Å². The Kier molecular flexibility index (Phi) is 3.80. The minimum Gasteiger partial charge on any atom is -0.393 e. The van der Waals surface area contributed by atoms with Gasteiger partial charge in [-0.1, -0.05) is 6.92 Å². The van der Waals surface area contributed by atoms with E-state index in [1.54, 1.807) is 0 Å². The van der Waals surface area contributed by atoms with Gasteiger partial charge in [0.25, 0.3) is 0 Å². The third-order valence-corrected chi connectivity index (χ3v) is 10.2. The second-order valence-corrected chi connectivity index (χ2v) is 10.7. The lowest BCUT2D eigenvalue weighted by atomic mass is 9.43. The van der Waals surface area contributed by atoms with Gasteiger partial charge < -0.3 is 5.11 Å². The zero-order valence-electron chi connectivity index (χ0n) is 15.9. The van der Waals surface area contributed by atoms with Gasteiger partial charge in [0.1, 0.15) is 0 Å². The first-order valence-corrected chi connectivity index (χ1v) is 11.1. The molecule has 0 aliphatic heterocycles. The lowest BCUT2D eigenvalue weighted by molar-refractivity contribution is -0.137. The first-order valence-electron chi connectivity index (χ1n) is 11.1. The van der Waals surface area contributed by atoms with E-state index in [2.05, 4.69) is 13.0 Å². The van der Waals surface area contributed by atoms with Crippen molar-refractivity contribution >= 4 is 0 Å². The summed E-state index contributed by atoms with van der Waals surface area (Å²) in [4.78, 5) is 0. The third kappa shape index (κ3) is 2.24. The summed E-state index contributed by atoms with van der Waals surface area (Å²) in [6.07, 6.45) is 15.6. The molecule has 0 unspecified atom stereocenters. The fourth-order valence-corrected chi connectivity index (χ4v) is 9.04. The molecule has 0 saturated heterocycles. The first kappa shape index (κ1) is 16.6. The van der Waals surface area contributed by atoms with E-state index < -0.39 is 0 Å². The van der Waals surface area contributed by atoms with Crippen molar-refractivity contribution in [2.45, 2.75) is 90.1 Å². The maximum absolute atomic E-state index is 10.2. The van der Waals surface area contributed by atoms with Crippen LogP contribution in [0.1, 0.15) is 84.0 Å². The molecule has 2 heteroatoms. The second-order valence-electron chi connectivity index (χ2n) is 10.7. The minimum absolute atomic E-state index is 0.0262. The highest BCUT2D eigenvalue weighted by molar-refractivity contribution is 5.12. The molecule has 5 saturated carbocycles. The van der Waals surface area contributed by atoms with E-state index in [4.69, 9.17) is 0 Å². The molecule has 0 bridgehead atoms. The number of aliphatic hydroxyl groups excluding tert-OH is 1. The molecule has 9 atom stereocenters. The monoisotopic (exact) mass is 341 g/mol. The maximum atomic E-state index is 10.2. The Morgan fingerprint density at radius 2 is 1.64 bits per heavy atom. The predicted molar refractivity (Wildman–Crippen MR) is 98.5 cm³/mol. The van der Waals surface area contributed by atoms with E-state index in [-0.39, 0.29) is 6.10 Å². The summed E-state index contributed by atoms with van der Waals surface area (Å²) < 4.78 is 0. The summed E-state index contributed by atoms with van der Waals surface area (Å²) in [5.74, 6) is 4.81. The second kappa shape index (κ2) is 5.72. The molecule has 2 nitrogen and oxygen atoms in total. The lowest BCUT2D eigenvalue weighted by Gasteiger charge is -2.62. The Hall–Kier alpha value is -0.550. The molecule has 1 spiro atoms. The molecule has 0 amide bonds. The molecule has 0 aromatic rings. The largest absolute Gasteiger partial charge is 0.393 e. The van der Waals surface area contributed by atoms with Gasteiger partial charge in [-0.3, -0.25) is 0 Å². The van der Waals surface area contributed by atoms with Crippen molar-refractivity contribution in [3.05, 3.63) is 0 Å². The molecule has 5 rings (SSSR count). The summed E-state index contributed by atoms with van der Waals surface area (Å²) >= 11 is 0. The highest BCUT2D eigenvalue weighted by Crippen LogP contribution is 2.70. The van der Waals surface area contributed by atoms with Crippen LogP contribution >= 0.6 is 0 Å². The third-order valence-electron chi connectivity index (χ3n) is 10.2. The quantitative estimate of drug-likeness (QED) is 0.649. The number of nitriles is 1. The van der Waals surface area contributed by atoms with Gasteiger partial charge in [0.2, 0.25) is 0 Å². The zero-order chi connectivity index (χ0) is 17.2. The fourth-order valence-electron chi connectivity index (χ4n) is 9.04. The van der Waals surface area contributed by atoms with Crippen LogP contribution < -0.4 is 0 Å². The van der Waals surface area contributed by atoms with Crippen molar-refractivity contribution in [2.75, 3.05) is 0 Å². The molecule has 0 radical (unpaired) electrons. The molecule has 1 N–H and O–H groups in total. The van der Waals surface area contributed by atoms with Crippen LogP contribution in [0.25, 0.3) is 0 Å². The predicted octanol–water partition coefficient (Wildman–Crippen LogP) is 5.31. The van der Waals surface area contributed by atoms with Crippen LogP contribution in [0.3, 0.4) is 0 Å². The number of aliphatic hydroxyl groups is 1. The van der Waals surface area contributed by atoms with E-state index >= 15 is 0 Å². The number of fused-ring (bicyclic) bond motifs is 4. The molecule has 138 valence electrons. The van der Waals surface area contributed by atoms with Crippen LogP contribution in [0.4, 0.5) is 0 Å². The molecular weight excluding hydrogens is 306 g/mol. The Balaban J connectivity index is 1.41. The molecule has 5 fully saturated rings. The normalized spacial score (nSPS) is 57.6. The summed E-state index contributed by atoms with van der Waals surface area (Å²) in [6, 6.07) is 2.59. The highest BCUT2D eigenvalue weighted by atomic mass is 16.3. The SMILES string of the molecule is C[C@]12CC[C@@H](O)C[C@@H]1CC[C@@H]1[C@@H]2CC[C@@]23CC[C@@H](C#N)C[C@H]2CC[C@@H]13. The maximum Gasteiger partial charge on any atom is 0.0655 e. The Morgan fingerprint density at radius 3 is 2.48 bits per heavy atom. The summed E-state index contributed by atoms with van der Waals surface area (Å²) in [7, 11) is 0. The zero-order valence-corrected chi connectivity index (χ0v) is 15.9. The van der Waals surface area contributed by atoms with Gasteiger partial charge >= 0.3 is 0 Å². The number of rotatable bonds is 0. The van der Waals surface area contributed by atoms with E-state index in [9.17, 15) is 10.4 Å². The topological polar surface area (TPSA) is 44.0 Å². The van der Waals surface area contributed by atoms with E-state index in [0.717, 1.165) is 42.4 Å². The molecular formula is C23H35NO. The van der Waals surface area contributed by atoms with E-state index in [1.165, 1.54) is 64.2 Å². The van der Waals surface area contributed by atoms with E-state index in [1.807, 2.05) is 0 Å². The molecule has 0 heterocycles. The Labute approximate surface area is 153 Å². The lowest BCUT2D eigenvalue weighted by Crippen LogP contribution is -2.55. The number of hydrogen-bond donors (Lipinski definition) is 1. The van der Waals surface area contributed by atoms with Crippen LogP contribution in [0.2, 0.25) is 0 Å². The van der Waals surface area contributed by atoms with Gasteiger partial charge in [-0.15, -0.1) is 0 Å². The minimum atomic E-state index is -0.0262. The molecule has 0 aromatic carbocycles. The average molecular weight is 342 g/mol. The standard InChI is InChI=1S/C23H35NO/c1-22-9-7-18(25)13-16(22)2-4-19-20(22)8-11-23-10-6-15(14-24)12-17(23)3-5-21(19)23/h15-21,25H,2-13H2,1H3/t15-,16+,17-,18-,19-,20+,21+,22+,23+/m1/s1. The van der Waals surface area contributed by atoms with Gasteiger partial charge in [-0.2, -0.15) is 5.26 Å². The van der Waals surface area contributed by atoms with Crippen LogP contribution in [-0.2, 0) is 0 Å². The number of nitrogens with zero attached hydrogens (tertiary/aromatic N) is 1. The molecule has 0 aromatic heterocycles. The van der Waals surface area contributed by atoms with E-state index in [0.29, 0.717) is 16.7 Å².